The van der Waals surface area contributed by atoms with Crippen molar-refractivity contribution in [1.29, 1.82) is 0 Å². The Labute approximate surface area is 106 Å². The van der Waals surface area contributed by atoms with Crippen LogP contribution < -0.4 is 12.4 Å². The Bertz CT molecular complexity index is 297. The number of halogens is 1. The zero-order valence-corrected chi connectivity index (χ0v) is 11.7. The van der Waals surface area contributed by atoms with Crippen molar-refractivity contribution in [3.63, 3.8) is 0 Å². The van der Waals surface area contributed by atoms with E-state index in [2.05, 4.69) is 52.0 Å². The predicted molar refractivity (Wildman–Crippen MR) is 66.8 cm³/mol. The van der Waals surface area contributed by atoms with Crippen molar-refractivity contribution < 1.29 is 16.9 Å². The lowest BCUT2D eigenvalue weighted by atomic mass is 10.1. The maximum Gasteiger partial charge on any atom is 0.105 e. The van der Waals surface area contributed by atoms with Crippen LogP contribution in [0.25, 0.3) is 0 Å². The molecule has 0 unspecified atom stereocenters. The van der Waals surface area contributed by atoms with Gasteiger partial charge in [-0.3, -0.25) is 0 Å². The van der Waals surface area contributed by atoms with E-state index in [1.54, 1.807) is 0 Å². The van der Waals surface area contributed by atoms with E-state index in [4.69, 9.17) is 0 Å². The number of benzene rings is 1. The highest BCUT2D eigenvalue weighted by atomic mass is 35.5. The molecular weight excluding hydrogens is 218 g/mol. The summed E-state index contributed by atoms with van der Waals surface area (Å²) in [6.45, 7) is 14.0. The summed E-state index contributed by atoms with van der Waals surface area (Å²) in [7, 11) is 0. The van der Waals surface area contributed by atoms with Gasteiger partial charge in [-0.15, -0.1) is 0 Å². The summed E-state index contributed by atoms with van der Waals surface area (Å²) in [5.41, 5.74) is 2.93. The van der Waals surface area contributed by atoms with Crippen molar-refractivity contribution in [2.75, 3.05) is 19.6 Å². The summed E-state index contributed by atoms with van der Waals surface area (Å²) in [5, 5.41) is 0. The molecule has 1 nitrogen and oxygen atoms in total. The van der Waals surface area contributed by atoms with Gasteiger partial charge in [0.1, 0.15) is 6.54 Å². The average molecular weight is 242 g/mol. The fraction of sp³-hybridized carbons (Fsp3) is 0.571. The van der Waals surface area contributed by atoms with Crippen molar-refractivity contribution in [2.24, 2.45) is 0 Å². The Balaban J connectivity index is 0.00000225. The molecule has 1 aromatic rings. The molecule has 0 aliphatic rings. The second-order valence-electron chi connectivity index (χ2n) is 4.37. The minimum atomic E-state index is 0. The molecule has 0 saturated carbocycles. The molecule has 92 valence electrons. The van der Waals surface area contributed by atoms with Crippen molar-refractivity contribution in [2.45, 2.75) is 34.2 Å². The topological polar surface area (TPSA) is 0 Å². The van der Waals surface area contributed by atoms with Gasteiger partial charge in [0.2, 0.25) is 0 Å². The molecule has 2 heteroatoms. The minimum Gasteiger partial charge on any atom is -1.00 e. The third-order valence-electron chi connectivity index (χ3n) is 3.78. The quantitative estimate of drug-likeness (QED) is 0.654. The maximum absolute atomic E-state index is 2.30. The van der Waals surface area contributed by atoms with Crippen molar-refractivity contribution in [1.82, 2.24) is 0 Å². The molecule has 0 aromatic heterocycles. The standard InChI is InChI=1S/C14H24N.ClH/c1-5-15(6-2,7-3)12-14-11-9-8-10-13(14)4;/h8-11H,5-7,12H2,1-4H3;1H/q+1;/p-1. The van der Waals surface area contributed by atoms with Gasteiger partial charge < -0.3 is 16.9 Å². The number of hydrogen-bond donors (Lipinski definition) is 0. The lowest BCUT2D eigenvalue weighted by Crippen LogP contribution is -3.00. The minimum absolute atomic E-state index is 0. The van der Waals surface area contributed by atoms with Crippen molar-refractivity contribution in [3.8, 4) is 0 Å². The van der Waals surface area contributed by atoms with Gasteiger partial charge in [0, 0.05) is 5.56 Å². The molecular formula is C14H24ClN. The lowest BCUT2D eigenvalue weighted by Gasteiger charge is -2.36. The van der Waals surface area contributed by atoms with Gasteiger partial charge in [0.05, 0.1) is 19.6 Å². The summed E-state index contributed by atoms with van der Waals surface area (Å²) < 4.78 is 1.20. The molecule has 0 N–H and O–H groups in total. The summed E-state index contributed by atoms with van der Waals surface area (Å²) >= 11 is 0. The van der Waals surface area contributed by atoms with Gasteiger partial charge in [-0.05, 0) is 33.3 Å². The van der Waals surface area contributed by atoms with Crippen LogP contribution in [0.1, 0.15) is 31.9 Å². The number of hydrogen-bond acceptors (Lipinski definition) is 0. The van der Waals surface area contributed by atoms with Crippen molar-refractivity contribution in [3.05, 3.63) is 35.4 Å². The second-order valence-corrected chi connectivity index (χ2v) is 4.37. The van der Waals surface area contributed by atoms with Crippen LogP contribution in [-0.4, -0.2) is 24.1 Å². The first kappa shape index (κ1) is 15.5. The second kappa shape index (κ2) is 6.93. The van der Waals surface area contributed by atoms with Crippen LogP contribution in [-0.2, 0) is 6.54 Å². The van der Waals surface area contributed by atoms with Crippen LogP contribution in [0.2, 0.25) is 0 Å². The van der Waals surface area contributed by atoms with E-state index >= 15 is 0 Å². The largest absolute Gasteiger partial charge is 1.00 e. The summed E-state index contributed by atoms with van der Waals surface area (Å²) in [6, 6.07) is 8.75. The van der Waals surface area contributed by atoms with E-state index in [1.807, 2.05) is 0 Å². The predicted octanol–water partition coefficient (Wildman–Crippen LogP) is 0.376. The van der Waals surface area contributed by atoms with Crippen LogP contribution in [0.15, 0.2) is 24.3 Å². The molecule has 0 spiro atoms. The van der Waals surface area contributed by atoms with Gasteiger partial charge in [-0.25, -0.2) is 0 Å². The van der Waals surface area contributed by atoms with Gasteiger partial charge >= 0.3 is 0 Å². The van der Waals surface area contributed by atoms with Crippen molar-refractivity contribution >= 4 is 0 Å². The lowest BCUT2D eigenvalue weighted by molar-refractivity contribution is -0.936. The average Bonchev–Trinajstić information content (AvgIpc) is 2.29. The molecule has 1 rings (SSSR count). The molecule has 0 aliphatic carbocycles. The Hall–Kier alpha value is -0.530. The SMILES string of the molecule is CC[N+](CC)(CC)Cc1ccccc1C.[Cl-]. The van der Waals surface area contributed by atoms with E-state index in [9.17, 15) is 0 Å². The van der Waals surface area contributed by atoms with Crippen LogP contribution in [0.5, 0.6) is 0 Å². The molecule has 0 fully saturated rings. The summed E-state index contributed by atoms with van der Waals surface area (Å²) in [6.07, 6.45) is 0. The fourth-order valence-corrected chi connectivity index (χ4v) is 2.16. The molecule has 0 heterocycles. The molecule has 1 aromatic carbocycles. The normalized spacial score (nSPS) is 11.0. The summed E-state index contributed by atoms with van der Waals surface area (Å²) in [4.78, 5) is 0. The maximum atomic E-state index is 2.30. The van der Waals surface area contributed by atoms with Crippen LogP contribution in [0.4, 0.5) is 0 Å². The molecule has 16 heavy (non-hydrogen) atoms. The van der Waals surface area contributed by atoms with E-state index in [0.717, 1.165) is 0 Å². The first-order valence-corrected chi connectivity index (χ1v) is 6.07. The molecule has 0 atom stereocenters. The number of aryl methyl sites for hydroxylation is 1. The highest BCUT2D eigenvalue weighted by Crippen LogP contribution is 2.16. The van der Waals surface area contributed by atoms with Crippen LogP contribution in [0.3, 0.4) is 0 Å². The molecule has 0 radical (unpaired) electrons. The van der Waals surface area contributed by atoms with Gasteiger partial charge in [0.25, 0.3) is 0 Å². The van der Waals surface area contributed by atoms with Gasteiger partial charge in [-0.2, -0.15) is 0 Å². The Morgan fingerprint density at radius 1 is 0.938 bits per heavy atom. The number of quaternary nitrogens is 1. The number of rotatable bonds is 5. The number of nitrogens with zero attached hydrogens (tertiary/aromatic N) is 1. The first-order chi connectivity index (χ1) is 7.17. The Kier molecular flexibility index (Phi) is 6.70. The van der Waals surface area contributed by atoms with Gasteiger partial charge in [0.15, 0.2) is 0 Å². The van der Waals surface area contributed by atoms with E-state index in [0.29, 0.717) is 0 Å². The van der Waals surface area contributed by atoms with Crippen LogP contribution in [0, 0.1) is 6.92 Å². The zero-order chi connectivity index (χ0) is 11.3. The third-order valence-corrected chi connectivity index (χ3v) is 3.78. The molecule has 0 saturated heterocycles. The first-order valence-electron chi connectivity index (χ1n) is 6.07. The molecule has 0 bridgehead atoms. The third kappa shape index (κ3) is 3.50. The Morgan fingerprint density at radius 3 is 1.88 bits per heavy atom. The summed E-state index contributed by atoms with van der Waals surface area (Å²) in [5.74, 6) is 0. The van der Waals surface area contributed by atoms with E-state index in [-0.39, 0.29) is 12.4 Å². The smallest absolute Gasteiger partial charge is 0.105 e. The van der Waals surface area contributed by atoms with Gasteiger partial charge in [-0.1, -0.05) is 24.3 Å². The highest BCUT2D eigenvalue weighted by molar-refractivity contribution is 5.24. The molecule has 0 aliphatic heterocycles. The molecule has 0 amide bonds. The Morgan fingerprint density at radius 2 is 1.44 bits per heavy atom. The fourth-order valence-electron chi connectivity index (χ4n) is 2.16. The van der Waals surface area contributed by atoms with Crippen LogP contribution >= 0.6 is 0 Å². The van der Waals surface area contributed by atoms with E-state index in [1.165, 1.54) is 41.8 Å². The zero-order valence-electron chi connectivity index (χ0n) is 11.0. The van der Waals surface area contributed by atoms with E-state index < -0.39 is 0 Å². The monoisotopic (exact) mass is 241 g/mol. The highest BCUT2D eigenvalue weighted by Gasteiger charge is 2.21.